The normalized spacial score (nSPS) is 19.1. The minimum atomic E-state index is 0.530. The minimum absolute atomic E-state index is 0.530. The third-order valence-electron chi connectivity index (χ3n) is 5.23. The smallest absolute Gasteiger partial charge is 0.182 e. The average molecular weight is 358 g/mol. The van der Waals surface area contributed by atoms with Crippen molar-refractivity contribution < 1.29 is 0 Å². The highest BCUT2D eigenvalue weighted by molar-refractivity contribution is 5.80. The molecule has 136 valence electrons. The lowest BCUT2D eigenvalue weighted by atomic mass is 9.82. The SMILES string of the molecule is CC1CC(Nc2ccc3ncc(NCc4ccc5cc[nH]c5c4)nc3n2)C1. The van der Waals surface area contributed by atoms with E-state index in [4.69, 9.17) is 0 Å². The Labute approximate surface area is 157 Å². The second-order valence-electron chi connectivity index (χ2n) is 7.47. The molecule has 1 fully saturated rings. The van der Waals surface area contributed by atoms with Crippen LogP contribution in [0.3, 0.4) is 0 Å². The van der Waals surface area contributed by atoms with Gasteiger partial charge in [-0.2, -0.15) is 0 Å². The lowest BCUT2D eigenvalue weighted by Gasteiger charge is -2.33. The van der Waals surface area contributed by atoms with Crippen LogP contribution in [0.1, 0.15) is 25.3 Å². The van der Waals surface area contributed by atoms with Crippen molar-refractivity contribution >= 4 is 33.7 Å². The summed E-state index contributed by atoms with van der Waals surface area (Å²) in [5, 5.41) is 8.06. The summed E-state index contributed by atoms with van der Waals surface area (Å²) in [6.07, 6.45) is 6.13. The van der Waals surface area contributed by atoms with Gasteiger partial charge in [-0.15, -0.1) is 0 Å². The van der Waals surface area contributed by atoms with Crippen molar-refractivity contribution in [3.05, 3.63) is 54.4 Å². The molecule has 0 saturated heterocycles. The zero-order chi connectivity index (χ0) is 18.2. The molecule has 0 amide bonds. The van der Waals surface area contributed by atoms with Gasteiger partial charge in [-0.05, 0) is 54.0 Å². The molecule has 1 aliphatic carbocycles. The van der Waals surface area contributed by atoms with Crippen LogP contribution in [0.5, 0.6) is 0 Å². The first-order valence-electron chi connectivity index (χ1n) is 9.43. The second kappa shape index (κ2) is 6.54. The molecule has 5 rings (SSSR count). The number of benzene rings is 1. The van der Waals surface area contributed by atoms with Gasteiger partial charge in [-0.3, -0.25) is 0 Å². The Morgan fingerprint density at radius 2 is 1.96 bits per heavy atom. The number of rotatable bonds is 5. The van der Waals surface area contributed by atoms with Crippen LogP contribution in [-0.4, -0.2) is 26.0 Å². The summed E-state index contributed by atoms with van der Waals surface area (Å²) in [6, 6.07) is 13.0. The standard InChI is InChI=1S/C21H22N6/c1-13-8-16(9-13)25-19-5-4-17-21(26-19)27-20(12-23-17)24-11-14-2-3-15-6-7-22-18(15)10-14/h2-7,10,12-13,16,22H,8-9,11H2,1H3,(H2,24,25,26,27). The van der Waals surface area contributed by atoms with E-state index in [0.717, 1.165) is 28.6 Å². The summed E-state index contributed by atoms with van der Waals surface area (Å²) in [5.74, 6) is 2.42. The van der Waals surface area contributed by atoms with Crippen LogP contribution in [0.25, 0.3) is 22.1 Å². The number of pyridine rings is 1. The topological polar surface area (TPSA) is 78.5 Å². The van der Waals surface area contributed by atoms with Crippen molar-refractivity contribution in [1.82, 2.24) is 19.9 Å². The Morgan fingerprint density at radius 1 is 1.07 bits per heavy atom. The number of nitrogens with zero attached hydrogens (tertiary/aromatic N) is 3. The molecular weight excluding hydrogens is 336 g/mol. The highest BCUT2D eigenvalue weighted by Crippen LogP contribution is 2.29. The van der Waals surface area contributed by atoms with Crippen LogP contribution < -0.4 is 10.6 Å². The molecule has 0 aliphatic heterocycles. The van der Waals surface area contributed by atoms with Crippen molar-refractivity contribution in [2.24, 2.45) is 5.92 Å². The van der Waals surface area contributed by atoms with Crippen LogP contribution in [0, 0.1) is 5.92 Å². The van der Waals surface area contributed by atoms with Gasteiger partial charge in [0, 0.05) is 24.3 Å². The molecule has 3 aromatic heterocycles. The number of hydrogen-bond donors (Lipinski definition) is 3. The number of fused-ring (bicyclic) bond motifs is 2. The second-order valence-corrected chi connectivity index (χ2v) is 7.47. The van der Waals surface area contributed by atoms with Gasteiger partial charge in [0.1, 0.15) is 17.2 Å². The highest BCUT2D eigenvalue weighted by atomic mass is 15.1. The van der Waals surface area contributed by atoms with Crippen molar-refractivity contribution in [3.8, 4) is 0 Å². The number of H-pyrrole nitrogens is 1. The summed E-state index contributed by atoms with van der Waals surface area (Å²) < 4.78 is 0. The van der Waals surface area contributed by atoms with Crippen LogP contribution in [0.15, 0.2) is 48.8 Å². The Morgan fingerprint density at radius 3 is 2.85 bits per heavy atom. The lowest BCUT2D eigenvalue weighted by molar-refractivity contribution is 0.308. The monoisotopic (exact) mass is 358 g/mol. The number of aromatic amines is 1. The molecule has 1 aromatic carbocycles. The zero-order valence-corrected chi connectivity index (χ0v) is 15.2. The quantitative estimate of drug-likeness (QED) is 0.495. The fourth-order valence-corrected chi connectivity index (χ4v) is 3.69. The fourth-order valence-electron chi connectivity index (χ4n) is 3.69. The summed E-state index contributed by atoms with van der Waals surface area (Å²) in [5.41, 5.74) is 3.80. The Kier molecular flexibility index (Phi) is 3.89. The first-order chi connectivity index (χ1) is 13.2. The Balaban J connectivity index is 1.31. The van der Waals surface area contributed by atoms with Gasteiger partial charge < -0.3 is 15.6 Å². The maximum Gasteiger partial charge on any atom is 0.182 e. The van der Waals surface area contributed by atoms with E-state index in [2.05, 4.69) is 61.8 Å². The van der Waals surface area contributed by atoms with Gasteiger partial charge >= 0.3 is 0 Å². The lowest BCUT2D eigenvalue weighted by Crippen LogP contribution is -2.34. The van der Waals surface area contributed by atoms with Crippen LogP contribution in [0.2, 0.25) is 0 Å². The first kappa shape index (κ1) is 16.1. The van der Waals surface area contributed by atoms with E-state index in [1.165, 1.54) is 23.8 Å². The first-order valence-corrected chi connectivity index (χ1v) is 9.43. The zero-order valence-electron chi connectivity index (χ0n) is 15.2. The van der Waals surface area contributed by atoms with Crippen LogP contribution in [0.4, 0.5) is 11.6 Å². The van der Waals surface area contributed by atoms with E-state index in [1.807, 2.05) is 18.3 Å². The van der Waals surface area contributed by atoms with Crippen molar-refractivity contribution in [2.45, 2.75) is 32.4 Å². The third-order valence-corrected chi connectivity index (χ3v) is 5.23. The molecule has 0 radical (unpaired) electrons. The van der Waals surface area contributed by atoms with Crippen LogP contribution in [-0.2, 0) is 6.54 Å². The van der Waals surface area contributed by atoms with E-state index < -0.39 is 0 Å². The van der Waals surface area contributed by atoms with Gasteiger partial charge in [0.2, 0.25) is 0 Å². The molecule has 0 spiro atoms. The molecule has 6 heteroatoms. The molecule has 3 heterocycles. The predicted octanol–water partition coefficient (Wildman–Crippen LogP) is 4.33. The maximum atomic E-state index is 4.64. The van der Waals surface area contributed by atoms with E-state index >= 15 is 0 Å². The Bertz CT molecular complexity index is 1100. The minimum Gasteiger partial charge on any atom is -0.367 e. The molecule has 3 N–H and O–H groups in total. The van der Waals surface area contributed by atoms with E-state index in [-0.39, 0.29) is 0 Å². The van der Waals surface area contributed by atoms with Crippen molar-refractivity contribution in [1.29, 1.82) is 0 Å². The summed E-state index contributed by atoms with van der Waals surface area (Å²) in [7, 11) is 0. The van der Waals surface area contributed by atoms with Crippen molar-refractivity contribution in [2.75, 3.05) is 10.6 Å². The maximum absolute atomic E-state index is 4.64. The molecule has 4 aromatic rings. The van der Waals surface area contributed by atoms with Crippen molar-refractivity contribution in [3.63, 3.8) is 0 Å². The fraction of sp³-hybridized carbons (Fsp3) is 0.286. The van der Waals surface area contributed by atoms with E-state index in [1.54, 1.807) is 6.20 Å². The number of hydrogen-bond acceptors (Lipinski definition) is 5. The van der Waals surface area contributed by atoms with Crippen LogP contribution >= 0.6 is 0 Å². The number of anilines is 2. The molecule has 0 unspecified atom stereocenters. The molecule has 1 aliphatic rings. The summed E-state index contributed by atoms with van der Waals surface area (Å²) in [6.45, 7) is 2.97. The third kappa shape index (κ3) is 3.30. The molecule has 6 nitrogen and oxygen atoms in total. The van der Waals surface area contributed by atoms with Gasteiger partial charge in [-0.25, -0.2) is 15.0 Å². The number of nitrogens with one attached hydrogen (secondary N) is 3. The molecular formula is C21H22N6. The summed E-state index contributed by atoms with van der Waals surface area (Å²) in [4.78, 5) is 17.0. The van der Waals surface area contributed by atoms with Gasteiger partial charge in [0.25, 0.3) is 0 Å². The molecule has 27 heavy (non-hydrogen) atoms. The average Bonchev–Trinajstić information content (AvgIpc) is 3.12. The molecule has 1 saturated carbocycles. The largest absolute Gasteiger partial charge is 0.367 e. The number of aromatic nitrogens is 4. The van der Waals surface area contributed by atoms with Gasteiger partial charge in [0.05, 0.1) is 6.20 Å². The highest BCUT2D eigenvalue weighted by Gasteiger charge is 2.25. The Hall–Kier alpha value is -3.15. The predicted molar refractivity (Wildman–Crippen MR) is 109 cm³/mol. The van der Waals surface area contributed by atoms with Gasteiger partial charge in [-0.1, -0.05) is 19.1 Å². The van der Waals surface area contributed by atoms with E-state index in [9.17, 15) is 0 Å². The molecule has 0 bridgehead atoms. The van der Waals surface area contributed by atoms with E-state index in [0.29, 0.717) is 18.2 Å². The van der Waals surface area contributed by atoms with Gasteiger partial charge in [0.15, 0.2) is 5.65 Å². The molecule has 0 atom stereocenters. The summed E-state index contributed by atoms with van der Waals surface area (Å²) >= 11 is 0.